The van der Waals surface area contributed by atoms with Crippen molar-refractivity contribution in [2.75, 3.05) is 0 Å². The molecule has 0 saturated heterocycles. The number of carbonyl (C=O) groups excluding carboxylic acids is 1. The Morgan fingerprint density at radius 2 is 2.23 bits per heavy atom. The van der Waals surface area contributed by atoms with Gasteiger partial charge >= 0.3 is 0 Å². The molecule has 0 aromatic heterocycles. The number of benzene rings is 1. The van der Waals surface area contributed by atoms with Gasteiger partial charge in [-0.25, -0.2) is 0 Å². The van der Waals surface area contributed by atoms with Gasteiger partial charge in [0.15, 0.2) is 0 Å². The molecule has 0 radical (unpaired) electrons. The largest absolute Gasteiger partial charge is 0.366 e. The second-order valence-corrected chi connectivity index (χ2v) is 3.33. The minimum atomic E-state index is -0.408. The fraction of sp³-hybridized carbons (Fsp3) is 0.300. The van der Waals surface area contributed by atoms with Gasteiger partial charge in [-0.3, -0.25) is 4.79 Å². The van der Waals surface area contributed by atoms with Crippen LogP contribution in [0.15, 0.2) is 18.2 Å². The van der Waals surface area contributed by atoms with E-state index in [4.69, 9.17) is 17.3 Å². The molecule has 0 aliphatic heterocycles. The molecule has 0 unspecified atom stereocenters. The maximum atomic E-state index is 10.8. The van der Waals surface area contributed by atoms with Crippen LogP contribution in [0.1, 0.15) is 29.3 Å². The van der Waals surface area contributed by atoms with Crippen molar-refractivity contribution in [2.45, 2.75) is 19.8 Å². The van der Waals surface area contributed by atoms with E-state index in [0.717, 1.165) is 18.4 Å². The summed E-state index contributed by atoms with van der Waals surface area (Å²) in [7, 11) is 0. The van der Waals surface area contributed by atoms with Crippen molar-refractivity contribution < 1.29 is 4.79 Å². The molecule has 2 nitrogen and oxygen atoms in total. The van der Waals surface area contributed by atoms with E-state index in [1.807, 2.05) is 0 Å². The van der Waals surface area contributed by atoms with Gasteiger partial charge in [-0.15, -0.1) is 0 Å². The van der Waals surface area contributed by atoms with E-state index < -0.39 is 5.91 Å². The van der Waals surface area contributed by atoms with Gasteiger partial charge in [-0.2, -0.15) is 0 Å². The Kier molecular flexibility index (Phi) is 3.32. The molecule has 1 aromatic rings. The third kappa shape index (κ3) is 2.46. The molecule has 0 heterocycles. The average molecular weight is 198 g/mol. The van der Waals surface area contributed by atoms with E-state index in [2.05, 4.69) is 6.92 Å². The number of nitrogens with two attached hydrogens (primary N) is 1. The third-order valence-electron chi connectivity index (χ3n) is 1.85. The molecule has 2 N–H and O–H groups in total. The lowest BCUT2D eigenvalue weighted by Gasteiger charge is -2.03. The van der Waals surface area contributed by atoms with E-state index >= 15 is 0 Å². The van der Waals surface area contributed by atoms with Crippen LogP contribution in [0.2, 0.25) is 5.02 Å². The first-order valence-corrected chi connectivity index (χ1v) is 4.61. The predicted molar refractivity (Wildman–Crippen MR) is 54.0 cm³/mol. The molecular formula is C10H12ClNO. The second kappa shape index (κ2) is 4.28. The number of carbonyl (C=O) groups is 1. The third-order valence-corrected chi connectivity index (χ3v) is 2.22. The molecule has 1 aromatic carbocycles. The molecule has 0 saturated carbocycles. The predicted octanol–water partition coefficient (Wildman–Crippen LogP) is 2.39. The summed E-state index contributed by atoms with van der Waals surface area (Å²) < 4.78 is 0. The summed E-state index contributed by atoms with van der Waals surface area (Å²) in [6, 6.07) is 5.12. The molecule has 0 aliphatic rings. The monoisotopic (exact) mass is 197 g/mol. The van der Waals surface area contributed by atoms with Gasteiger partial charge in [0.05, 0.1) is 0 Å². The van der Waals surface area contributed by atoms with Gasteiger partial charge in [0.25, 0.3) is 0 Å². The lowest BCUT2D eigenvalue weighted by molar-refractivity contribution is 0.1000. The van der Waals surface area contributed by atoms with Crippen molar-refractivity contribution >= 4 is 17.5 Å². The van der Waals surface area contributed by atoms with Crippen LogP contribution >= 0.6 is 11.6 Å². The fourth-order valence-electron chi connectivity index (χ4n) is 1.19. The summed E-state index contributed by atoms with van der Waals surface area (Å²) in [4.78, 5) is 10.8. The van der Waals surface area contributed by atoms with Gasteiger partial charge < -0.3 is 5.73 Å². The van der Waals surface area contributed by atoms with Gasteiger partial charge in [0.2, 0.25) is 5.91 Å². The zero-order valence-electron chi connectivity index (χ0n) is 7.51. The zero-order valence-corrected chi connectivity index (χ0v) is 8.27. The molecule has 70 valence electrons. The molecule has 3 heteroatoms. The van der Waals surface area contributed by atoms with Crippen LogP contribution in [0.25, 0.3) is 0 Å². The van der Waals surface area contributed by atoms with Crippen molar-refractivity contribution in [1.82, 2.24) is 0 Å². The molecular weight excluding hydrogens is 186 g/mol. The molecule has 0 atom stereocenters. The van der Waals surface area contributed by atoms with Crippen LogP contribution in [0, 0.1) is 0 Å². The van der Waals surface area contributed by atoms with Crippen LogP contribution in [0.4, 0.5) is 0 Å². The second-order valence-electron chi connectivity index (χ2n) is 2.92. The Balaban J connectivity index is 3.03. The number of aryl methyl sites for hydroxylation is 1. The molecule has 1 rings (SSSR count). The van der Waals surface area contributed by atoms with E-state index in [1.165, 1.54) is 0 Å². The Hall–Kier alpha value is -1.02. The number of rotatable bonds is 3. The highest BCUT2D eigenvalue weighted by Crippen LogP contribution is 2.18. The van der Waals surface area contributed by atoms with Crippen LogP contribution < -0.4 is 5.73 Å². The first-order chi connectivity index (χ1) is 6.15. The van der Waals surface area contributed by atoms with E-state index in [-0.39, 0.29) is 0 Å². The highest BCUT2D eigenvalue weighted by Gasteiger charge is 2.04. The Morgan fingerprint density at radius 3 is 2.77 bits per heavy atom. The van der Waals surface area contributed by atoms with Crippen molar-refractivity contribution in [3.05, 3.63) is 34.3 Å². The zero-order chi connectivity index (χ0) is 9.84. The molecule has 0 bridgehead atoms. The summed E-state index contributed by atoms with van der Waals surface area (Å²) in [6.07, 6.45) is 1.88. The first-order valence-electron chi connectivity index (χ1n) is 4.23. The van der Waals surface area contributed by atoms with E-state index in [0.29, 0.717) is 10.6 Å². The molecule has 13 heavy (non-hydrogen) atoms. The molecule has 0 spiro atoms. The number of amides is 1. The van der Waals surface area contributed by atoms with Crippen LogP contribution in [0.5, 0.6) is 0 Å². The average Bonchev–Trinajstić information content (AvgIpc) is 2.08. The minimum Gasteiger partial charge on any atom is -0.366 e. The normalized spacial score (nSPS) is 10.0. The first kappa shape index (κ1) is 10.1. The highest BCUT2D eigenvalue weighted by molar-refractivity contribution is 6.31. The maximum absolute atomic E-state index is 10.8. The summed E-state index contributed by atoms with van der Waals surface area (Å²) in [5.74, 6) is -0.408. The standard InChI is InChI=1S/C10H12ClNO/c1-2-3-7-6-8(10(12)13)4-5-9(7)11/h4-6H,2-3H2,1H3,(H2,12,13). The van der Waals surface area contributed by atoms with Crippen molar-refractivity contribution in [1.29, 1.82) is 0 Å². The molecule has 0 aliphatic carbocycles. The van der Waals surface area contributed by atoms with Gasteiger partial charge in [0, 0.05) is 10.6 Å². The van der Waals surface area contributed by atoms with Crippen molar-refractivity contribution in [3.63, 3.8) is 0 Å². The topological polar surface area (TPSA) is 43.1 Å². The van der Waals surface area contributed by atoms with Gasteiger partial charge in [-0.05, 0) is 30.2 Å². The van der Waals surface area contributed by atoms with Gasteiger partial charge in [0.1, 0.15) is 0 Å². The summed E-state index contributed by atoms with van der Waals surface area (Å²) in [5, 5.41) is 0.701. The minimum absolute atomic E-state index is 0.408. The molecule has 1 amide bonds. The Labute approximate surface area is 82.7 Å². The summed E-state index contributed by atoms with van der Waals surface area (Å²) in [6.45, 7) is 2.06. The van der Waals surface area contributed by atoms with Crippen LogP contribution in [-0.4, -0.2) is 5.91 Å². The summed E-state index contributed by atoms with van der Waals surface area (Å²) >= 11 is 5.93. The number of hydrogen-bond acceptors (Lipinski definition) is 1. The fourth-order valence-corrected chi connectivity index (χ4v) is 1.40. The SMILES string of the molecule is CCCc1cc(C(N)=O)ccc1Cl. The van der Waals surface area contributed by atoms with Crippen molar-refractivity contribution in [3.8, 4) is 0 Å². The maximum Gasteiger partial charge on any atom is 0.248 e. The quantitative estimate of drug-likeness (QED) is 0.795. The van der Waals surface area contributed by atoms with Crippen molar-refractivity contribution in [2.24, 2.45) is 5.73 Å². The molecule has 0 fully saturated rings. The van der Waals surface area contributed by atoms with E-state index in [9.17, 15) is 4.79 Å². The van der Waals surface area contributed by atoms with Crippen LogP contribution in [-0.2, 0) is 6.42 Å². The van der Waals surface area contributed by atoms with E-state index in [1.54, 1.807) is 18.2 Å². The number of primary amides is 1. The lowest BCUT2D eigenvalue weighted by atomic mass is 10.1. The summed E-state index contributed by atoms with van der Waals surface area (Å²) in [5.41, 5.74) is 6.65. The highest BCUT2D eigenvalue weighted by atomic mass is 35.5. The van der Waals surface area contributed by atoms with Crippen LogP contribution in [0.3, 0.4) is 0 Å². The Morgan fingerprint density at radius 1 is 1.54 bits per heavy atom. The smallest absolute Gasteiger partial charge is 0.248 e. The Bertz CT molecular complexity index is 323. The lowest BCUT2D eigenvalue weighted by Crippen LogP contribution is -2.11. The van der Waals surface area contributed by atoms with Gasteiger partial charge in [-0.1, -0.05) is 24.9 Å². The number of halogens is 1. The number of hydrogen-bond donors (Lipinski definition) is 1.